The van der Waals surface area contributed by atoms with Crippen LogP contribution in [-0.4, -0.2) is 111 Å². The summed E-state index contributed by atoms with van der Waals surface area (Å²) in [7, 11) is -12.4. The maximum atomic E-state index is 14.1. The molecule has 2 saturated heterocycles. The van der Waals surface area contributed by atoms with Crippen molar-refractivity contribution >= 4 is 37.5 Å². The van der Waals surface area contributed by atoms with E-state index in [1.54, 1.807) is 70.2 Å². The number of phosphoric acid groups is 1. The minimum atomic E-state index is -5.34. The van der Waals surface area contributed by atoms with Crippen molar-refractivity contribution in [3.05, 3.63) is 84.4 Å². The number of alkyl carbamates (subject to hydrolysis) is 1. The zero-order valence-corrected chi connectivity index (χ0v) is 38.4. The van der Waals surface area contributed by atoms with E-state index in [1.165, 1.54) is 50.4 Å². The minimum Gasteiger partial charge on any atom is -0.497 e. The molecule has 2 aliphatic heterocycles. The molecule has 348 valence electrons. The summed E-state index contributed by atoms with van der Waals surface area (Å²) in [5.74, 6) is -0.428. The Hall–Kier alpha value is -4.07. The van der Waals surface area contributed by atoms with E-state index in [1.807, 2.05) is 0 Å². The maximum Gasteiger partial charge on any atom is 0.469 e. The van der Waals surface area contributed by atoms with Gasteiger partial charge < -0.3 is 48.0 Å². The molecule has 1 unspecified atom stereocenters. The number of carbonyl (C=O) groups excluding carboxylic acids is 2. The van der Waals surface area contributed by atoms with Crippen molar-refractivity contribution < 1.29 is 78.9 Å². The van der Waals surface area contributed by atoms with Gasteiger partial charge in [-0.2, -0.15) is 4.31 Å². The monoisotopic (exact) mass is 942 g/mol. The summed E-state index contributed by atoms with van der Waals surface area (Å²) in [6, 6.07) is 18.7. The van der Waals surface area contributed by atoms with Gasteiger partial charge in [0, 0.05) is 13.1 Å². The number of hydrogen-bond acceptors (Lipinski definition) is 15. The number of hydrogen-bond donors (Lipinski definition) is 3. The molecule has 2 heterocycles. The van der Waals surface area contributed by atoms with E-state index in [0.717, 1.165) is 4.31 Å². The molecule has 2 aliphatic rings. The predicted molar refractivity (Wildman–Crippen MR) is 227 cm³/mol. The number of fused-ring (bicyclic) bond motifs is 1. The summed E-state index contributed by atoms with van der Waals surface area (Å²) >= 11 is 0. The number of nitrogens with zero attached hydrogens (tertiary/aromatic N) is 1. The molecule has 0 aromatic heterocycles. The van der Waals surface area contributed by atoms with Crippen LogP contribution < -0.4 is 19.3 Å². The summed E-state index contributed by atoms with van der Waals surface area (Å²) in [5.41, 5.74) is 0.471. The van der Waals surface area contributed by atoms with Gasteiger partial charge >= 0.3 is 27.5 Å². The van der Waals surface area contributed by atoms with Gasteiger partial charge in [-0.05, 0) is 93.6 Å². The third kappa shape index (κ3) is 15.0. The fraction of sp³-hybridized carbons (Fsp3) is 0.512. The second-order valence-electron chi connectivity index (χ2n) is 15.6. The molecule has 0 bridgehead atoms. The van der Waals surface area contributed by atoms with E-state index >= 15 is 0 Å². The largest absolute Gasteiger partial charge is 0.497 e. The number of ether oxygens (including phenoxy) is 6. The number of carbonyl (C=O) groups is 2. The first-order valence-corrected chi connectivity index (χ1v) is 25.0. The third-order valence-corrected chi connectivity index (χ3v) is 13.6. The SMILES string of the molecule is COc1ccc(S(=O)(=O)N(CC(C)C)C[C@@H](OP(=O)(O)O)[C@H](Cc2ccc(OCP(=O)(Oc3ccccc3)O[C@@H](C)C(=O)OC(C)C)cc2)NC(=O)O[C@H]2CO[C@H]3OCC[C@H]32)cc1. The van der Waals surface area contributed by atoms with E-state index in [0.29, 0.717) is 24.3 Å². The number of nitrogens with one attached hydrogen (secondary N) is 1. The molecule has 22 heteroatoms. The molecule has 63 heavy (non-hydrogen) atoms. The Bertz CT molecular complexity index is 2160. The van der Waals surface area contributed by atoms with Crippen LogP contribution in [0.15, 0.2) is 83.8 Å². The highest BCUT2D eigenvalue weighted by Crippen LogP contribution is 2.49. The number of sulfonamides is 1. The van der Waals surface area contributed by atoms with Crippen LogP contribution in [0.1, 0.15) is 46.6 Å². The molecule has 0 saturated carbocycles. The Morgan fingerprint density at radius 3 is 2.16 bits per heavy atom. The van der Waals surface area contributed by atoms with Crippen LogP contribution in [-0.2, 0) is 58.4 Å². The molecule has 2 fully saturated rings. The molecule has 0 radical (unpaired) electrons. The van der Waals surface area contributed by atoms with E-state index in [9.17, 15) is 36.9 Å². The molecular formula is C41H56N2O17P2S. The van der Waals surface area contributed by atoms with Crippen LogP contribution in [0.25, 0.3) is 0 Å². The van der Waals surface area contributed by atoms with Crippen molar-refractivity contribution in [2.45, 2.75) is 89.1 Å². The molecule has 7 atom stereocenters. The van der Waals surface area contributed by atoms with Crippen molar-refractivity contribution in [2.24, 2.45) is 11.8 Å². The fourth-order valence-corrected chi connectivity index (χ4v) is 10.5. The minimum absolute atomic E-state index is 0.0644. The topological polar surface area (TPSA) is 241 Å². The molecule has 3 aromatic rings. The van der Waals surface area contributed by atoms with Gasteiger partial charge in [-0.3, -0.25) is 9.05 Å². The normalized spacial score (nSPS) is 20.1. The Kier molecular flexibility index (Phi) is 17.6. The highest BCUT2D eigenvalue weighted by atomic mass is 32.2. The zero-order valence-electron chi connectivity index (χ0n) is 35.8. The Balaban J connectivity index is 1.41. The lowest BCUT2D eigenvalue weighted by Gasteiger charge is -2.33. The molecule has 3 aromatic carbocycles. The Labute approximate surface area is 367 Å². The first-order valence-electron chi connectivity index (χ1n) is 20.3. The lowest BCUT2D eigenvalue weighted by atomic mass is 10.0. The summed E-state index contributed by atoms with van der Waals surface area (Å²) in [6.45, 7) is 8.04. The molecule has 3 N–H and O–H groups in total. The Morgan fingerprint density at radius 1 is 0.873 bits per heavy atom. The van der Waals surface area contributed by atoms with Gasteiger partial charge in [0.2, 0.25) is 16.4 Å². The molecule has 1 amide bonds. The molecule has 0 spiro atoms. The number of benzene rings is 3. The predicted octanol–water partition coefficient (Wildman–Crippen LogP) is 5.88. The summed E-state index contributed by atoms with van der Waals surface area (Å²) in [4.78, 5) is 46.4. The van der Waals surface area contributed by atoms with Crippen molar-refractivity contribution in [1.29, 1.82) is 0 Å². The summed E-state index contributed by atoms with van der Waals surface area (Å²) in [6.07, 6.45) is -5.75. The molecular weight excluding hydrogens is 886 g/mol. The lowest BCUT2D eigenvalue weighted by Crippen LogP contribution is -2.52. The van der Waals surface area contributed by atoms with Crippen LogP contribution in [0.2, 0.25) is 0 Å². The van der Waals surface area contributed by atoms with Crippen LogP contribution in [0.5, 0.6) is 17.2 Å². The van der Waals surface area contributed by atoms with Crippen LogP contribution in [0.3, 0.4) is 0 Å². The first kappa shape index (κ1) is 49.9. The van der Waals surface area contributed by atoms with E-state index in [-0.39, 0.29) is 47.8 Å². The number of amides is 1. The van der Waals surface area contributed by atoms with Gasteiger partial charge in [-0.1, -0.05) is 44.2 Å². The second-order valence-corrected chi connectivity index (χ2v) is 20.6. The van der Waals surface area contributed by atoms with Gasteiger partial charge in [0.1, 0.15) is 29.5 Å². The van der Waals surface area contributed by atoms with E-state index < -0.39 is 87.1 Å². The summed E-state index contributed by atoms with van der Waals surface area (Å²) < 4.78 is 106. The van der Waals surface area contributed by atoms with Crippen LogP contribution in [0.4, 0.5) is 4.79 Å². The van der Waals surface area contributed by atoms with Crippen LogP contribution >= 0.6 is 15.4 Å². The zero-order chi connectivity index (χ0) is 46.0. The highest BCUT2D eigenvalue weighted by molar-refractivity contribution is 7.89. The molecule has 0 aliphatic carbocycles. The standard InChI is InChI=1S/C41H56N2O17P2S/c1-27(2)23-43(63(50,51)34-18-16-31(52-6)17-19-34)24-37(60-62(47,48)49)36(42-41(45)57-38-25-54-40-35(38)20-21-53-40)22-30-12-14-32(15-13-30)55-26-61(46,59-33-10-8-7-9-11-33)58-29(5)39(44)56-28(3)4/h7-19,27-29,35-38,40H,20-26H2,1-6H3,(H,42,45)(H2,47,48,49)/t29-,35-,36-,37+,38-,40+,61?/m0/s1. The van der Waals surface area contributed by atoms with E-state index in [2.05, 4.69) is 5.32 Å². The van der Waals surface area contributed by atoms with Gasteiger partial charge in [0.25, 0.3) is 0 Å². The quantitative estimate of drug-likeness (QED) is 0.0742. The first-order chi connectivity index (χ1) is 29.7. The van der Waals surface area contributed by atoms with Gasteiger partial charge in [0.05, 0.1) is 43.3 Å². The number of rotatable bonds is 23. The second kappa shape index (κ2) is 22.2. The van der Waals surface area contributed by atoms with Gasteiger partial charge in [-0.25, -0.2) is 27.1 Å². The van der Waals surface area contributed by atoms with Crippen LogP contribution in [0, 0.1) is 11.8 Å². The van der Waals surface area contributed by atoms with Gasteiger partial charge in [-0.15, -0.1) is 0 Å². The van der Waals surface area contributed by atoms with Crippen molar-refractivity contribution in [3.63, 3.8) is 0 Å². The molecule has 19 nitrogen and oxygen atoms in total. The summed E-state index contributed by atoms with van der Waals surface area (Å²) in [5, 5.41) is 2.68. The van der Waals surface area contributed by atoms with Crippen molar-refractivity contribution in [3.8, 4) is 17.2 Å². The number of para-hydroxylation sites is 1. The highest BCUT2D eigenvalue weighted by Gasteiger charge is 2.45. The molecule has 5 rings (SSSR count). The lowest BCUT2D eigenvalue weighted by molar-refractivity contribution is -0.155. The average molecular weight is 943 g/mol. The Morgan fingerprint density at radius 2 is 1.54 bits per heavy atom. The smallest absolute Gasteiger partial charge is 0.469 e. The van der Waals surface area contributed by atoms with Crippen molar-refractivity contribution in [1.82, 2.24) is 9.62 Å². The maximum absolute atomic E-state index is 14.1. The van der Waals surface area contributed by atoms with Gasteiger partial charge in [0.15, 0.2) is 12.4 Å². The average Bonchev–Trinajstić information content (AvgIpc) is 3.84. The number of esters is 1. The fourth-order valence-electron chi connectivity index (χ4n) is 6.79. The number of phosphoric ester groups is 1. The van der Waals surface area contributed by atoms with E-state index in [4.69, 9.17) is 42.0 Å². The van der Waals surface area contributed by atoms with Crippen molar-refractivity contribution in [2.75, 3.05) is 39.8 Å². The number of methoxy groups -OCH3 is 1. The third-order valence-electron chi connectivity index (χ3n) is 9.68.